The Kier molecular flexibility index (Phi) is 7.30. The fourth-order valence-corrected chi connectivity index (χ4v) is 1.04. The minimum atomic E-state index is -0.821. The SMILES string of the molecule is CCCC.Cc1cc(F)c(NC(N)=O)cc1Cl. The predicted molar refractivity (Wildman–Crippen MR) is 69.9 cm³/mol. The predicted octanol–water partition coefficient (Wildman–Crippen LogP) is 4.08. The van der Waals surface area contributed by atoms with E-state index < -0.39 is 11.8 Å². The summed E-state index contributed by atoms with van der Waals surface area (Å²) in [6.45, 7) is 6.03. The molecule has 0 aliphatic carbocycles. The summed E-state index contributed by atoms with van der Waals surface area (Å²) in [6.07, 6.45) is 2.64. The summed E-state index contributed by atoms with van der Waals surface area (Å²) in [5.41, 5.74) is 5.42. The molecule has 0 aliphatic heterocycles. The molecule has 3 nitrogen and oxygen atoms in total. The van der Waals surface area contributed by atoms with Crippen molar-refractivity contribution in [3.05, 3.63) is 28.5 Å². The van der Waals surface area contributed by atoms with Gasteiger partial charge in [-0.25, -0.2) is 9.18 Å². The number of amides is 2. The van der Waals surface area contributed by atoms with Crippen molar-refractivity contribution in [2.75, 3.05) is 5.32 Å². The van der Waals surface area contributed by atoms with Crippen LogP contribution in [0.25, 0.3) is 0 Å². The minimum Gasteiger partial charge on any atom is -0.351 e. The normalized spacial score (nSPS) is 9.24. The smallest absolute Gasteiger partial charge is 0.316 e. The first-order chi connectivity index (χ1) is 7.92. The molecule has 0 saturated carbocycles. The second kappa shape index (κ2) is 7.90. The lowest BCUT2D eigenvalue weighted by Crippen LogP contribution is -2.20. The Hall–Kier alpha value is -1.29. The molecule has 3 N–H and O–H groups in total. The molecule has 0 aromatic heterocycles. The second-order valence-electron chi connectivity index (χ2n) is 3.57. The lowest BCUT2D eigenvalue weighted by Gasteiger charge is -2.05. The van der Waals surface area contributed by atoms with Gasteiger partial charge in [0.1, 0.15) is 5.82 Å². The number of hydrogen-bond acceptors (Lipinski definition) is 1. The number of unbranched alkanes of at least 4 members (excludes halogenated alkanes) is 1. The number of primary amides is 1. The van der Waals surface area contributed by atoms with Crippen LogP contribution in [0, 0.1) is 12.7 Å². The van der Waals surface area contributed by atoms with E-state index in [9.17, 15) is 9.18 Å². The third-order valence-electron chi connectivity index (χ3n) is 2.01. The van der Waals surface area contributed by atoms with Gasteiger partial charge in [0.05, 0.1) is 5.69 Å². The molecule has 96 valence electrons. The lowest BCUT2D eigenvalue weighted by molar-refractivity contribution is 0.259. The Morgan fingerprint density at radius 2 is 1.94 bits per heavy atom. The highest BCUT2D eigenvalue weighted by atomic mass is 35.5. The number of halogens is 2. The zero-order valence-electron chi connectivity index (χ0n) is 10.3. The van der Waals surface area contributed by atoms with Gasteiger partial charge in [-0.15, -0.1) is 0 Å². The van der Waals surface area contributed by atoms with Crippen LogP contribution >= 0.6 is 11.6 Å². The first-order valence-electron chi connectivity index (χ1n) is 5.44. The van der Waals surface area contributed by atoms with Gasteiger partial charge >= 0.3 is 6.03 Å². The van der Waals surface area contributed by atoms with E-state index in [0.717, 1.165) is 0 Å². The quantitative estimate of drug-likeness (QED) is 0.827. The summed E-state index contributed by atoms with van der Waals surface area (Å²) in [5, 5.41) is 2.50. The van der Waals surface area contributed by atoms with Gasteiger partial charge in [0, 0.05) is 5.02 Å². The van der Waals surface area contributed by atoms with Crippen LogP contribution in [0.1, 0.15) is 32.3 Å². The molecule has 0 bridgehead atoms. The number of aryl methyl sites for hydroxylation is 1. The molecular formula is C12H18ClFN2O. The molecule has 1 aromatic rings. The van der Waals surface area contributed by atoms with Crippen molar-refractivity contribution in [1.82, 2.24) is 0 Å². The third kappa shape index (κ3) is 6.12. The number of hydrogen-bond donors (Lipinski definition) is 2. The summed E-state index contributed by atoms with van der Waals surface area (Å²) in [4.78, 5) is 10.4. The molecule has 17 heavy (non-hydrogen) atoms. The maximum absolute atomic E-state index is 13.1. The van der Waals surface area contributed by atoms with Crippen LogP contribution in [0.2, 0.25) is 5.02 Å². The molecule has 0 radical (unpaired) electrons. The third-order valence-corrected chi connectivity index (χ3v) is 2.41. The number of anilines is 1. The summed E-state index contributed by atoms with van der Waals surface area (Å²) in [5.74, 6) is -0.555. The summed E-state index contributed by atoms with van der Waals surface area (Å²) in [6, 6.07) is 1.73. The molecule has 0 spiro atoms. The number of carbonyl (C=O) groups excluding carboxylic acids is 1. The van der Waals surface area contributed by atoms with E-state index in [4.69, 9.17) is 17.3 Å². The zero-order valence-corrected chi connectivity index (χ0v) is 11.1. The summed E-state index contributed by atoms with van der Waals surface area (Å²) >= 11 is 5.71. The highest BCUT2D eigenvalue weighted by Gasteiger charge is 2.06. The molecule has 1 aromatic carbocycles. The summed E-state index contributed by atoms with van der Waals surface area (Å²) in [7, 11) is 0. The van der Waals surface area contributed by atoms with Crippen LogP contribution < -0.4 is 11.1 Å². The van der Waals surface area contributed by atoms with Crippen molar-refractivity contribution in [1.29, 1.82) is 0 Å². The molecule has 2 amide bonds. The molecular weight excluding hydrogens is 243 g/mol. The topological polar surface area (TPSA) is 55.1 Å². The van der Waals surface area contributed by atoms with Crippen LogP contribution in [-0.2, 0) is 0 Å². The Morgan fingerprint density at radius 3 is 2.35 bits per heavy atom. The van der Waals surface area contributed by atoms with Gasteiger partial charge in [0.2, 0.25) is 0 Å². The van der Waals surface area contributed by atoms with E-state index in [1.54, 1.807) is 6.92 Å². The van der Waals surface area contributed by atoms with Crippen LogP contribution in [0.3, 0.4) is 0 Å². The summed E-state index contributed by atoms with van der Waals surface area (Å²) < 4.78 is 13.1. The second-order valence-corrected chi connectivity index (χ2v) is 3.98. The van der Waals surface area contributed by atoms with Gasteiger partial charge in [-0.3, -0.25) is 0 Å². The van der Waals surface area contributed by atoms with Gasteiger partial charge in [-0.1, -0.05) is 38.3 Å². The molecule has 0 fully saturated rings. The van der Waals surface area contributed by atoms with Crippen LogP contribution in [0.5, 0.6) is 0 Å². The fourth-order valence-electron chi connectivity index (χ4n) is 0.875. The highest BCUT2D eigenvalue weighted by molar-refractivity contribution is 6.31. The van der Waals surface area contributed by atoms with E-state index in [-0.39, 0.29) is 5.69 Å². The van der Waals surface area contributed by atoms with Gasteiger partial charge < -0.3 is 11.1 Å². The van der Waals surface area contributed by atoms with Gasteiger partial charge in [-0.05, 0) is 24.6 Å². The van der Waals surface area contributed by atoms with Gasteiger partial charge in [-0.2, -0.15) is 0 Å². The van der Waals surface area contributed by atoms with Gasteiger partial charge in [0.15, 0.2) is 0 Å². The largest absolute Gasteiger partial charge is 0.351 e. The highest BCUT2D eigenvalue weighted by Crippen LogP contribution is 2.23. The maximum Gasteiger partial charge on any atom is 0.316 e. The first-order valence-corrected chi connectivity index (χ1v) is 5.82. The van der Waals surface area contributed by atoms with Crippen molar-refractivity contribution in [3.63, 3.8) is 0 Å². The van der Waals surface area contributed by atoms with E-state index in [0.29, 0.717) is 10.6 Å². The number of carbonyl (C=O) groups is 1. The van der Waals surface area contributed by atoms with Crippen molar-refractivity contribution in [2.45, 2.75) is 33.6 Å². The minimum absolute atomic E-state index is 0.0110. The Bertz CT molecular complexity index is 381. The monoisotopic (exact) mass is 260 g/mol. The van der Waals surface area contributed by atoms with Crippen molar-refractivity contribution in [3.8, 4) is 0 Å². The number of benzene rings is 1. The maximum atomic E-state index is 13.1. The molecule has 5 heteroatoms. The van der Waals surface area contributed by atoms with E-state index in [1.165, 1.54) is 25.0 Å². The van der Waals surface area contributed by atoms with E-state index in [2.05, 4.69) is 19.2 Å². The molecule has 0 aliphatic rings. The molecule has 0 saturated heterocycles. The lowest BCUT2D eigenvalue weighted by atomic mass is 10.2. The molecule has 0 heterocycles. The average Bonchev–Trinajstić information content (AvgIpc) is 2.25. The Balaban J connectivity index is 0.000000557. The number of urea groups is 1. The van der Waals surface area contributed by atoms with Crippen LogP contribution in [-0.4, -0.2) is 6.03 Å². The average molecular weight is 261 g/mol. The van der Waals surface area contributed by atoms with Crippen molar-refractivity contribution < 1.29 is 9.18 Å². The Morgan fingerprint density at radius 1 is 1.41 bits per heavy atom. The van der Waals surface area contributed by atoms with E-state index in [1.807, 2.05) is 0 Å². The van der Waals surface area contributed by atoms with Gasteiger partial charge in [0.25, 0.3) is 0 Å². The molecule has 0 atom stereocenters. The molecule has 0 unspecified atom stereocenters. The van der Waals surface area contributed by atoms with Crippen molar-refractivity contribution in [2.24, 2.45) is 5.73 Å². The van der Waals surface area contributed by atoms with Crippen LogP contribution in [0.15, 0.2) is 12.1 Å². The number of nitrogens with one attached hydrogen (secondary N) is 1. The molecule has 1 rings (SSSR count). The van der Waals surface area contributed by atoms with Crippen molar-refractivity contribution >= 4 is 23.3 Å². The van der Waals surface area contributed by atoms with E-state index >= 15 is 0 Å². The zero-order chi connectivity index (χ0) is 13.4. The number of rotatable bonds is 2. The fraction of sp³-hybridized carbons (Fsp3) is 0.417. The van der Waals surface area contributed by atoms with Crippen LogP contribution in [0.4, 0.5) is 14.9 Å². The standard InChI is InChI=1S/C8H8ClFN2O.C4H10/c1-4-2-6(10)7(3-5(4)9)12-8(11)13;1-3-4-2/h2-3H,1H3,(H3,11,12,13);3-4H2,1-2H3. The first kappa shape index (κ1) is 15.7. The Labute approximate surface area is 106 Å². The number of nitrogens with two attached hydrogens (primary N) is 1.